The Kier molecular flexibility index (Phi) is 7.21. The third-order valence-electron chi connectivity index (χ3n) is 5.58. The van der Waals surface area contributed by atoms with Gasteiger partial charge in [0.2, 0.25) is 0 Å². The van der Waals surface area contributed by atoms with Gasteiger partial charge in [-0.25, -0.2) is 4.39 Å². The highest BCUT2D eigenvalue weighted by Gasteiger charge is 2.36. The molecule has 1 saturated heterocycles. The van der Waals surface area contributed by atoms with Gasteiger partial charge in [-0.05, 0) is 49.3 Å². The number of hydrogen-bond donors (Lipinski definition) is 0. The first-order chi connectivity index (χ1) is 13.5. The van der Waals surface area contributed by atoms with Gasteiger partial charge in [-0.3, -0.25) is 4.79 Å². The second-order valence-corrected chi connectivity index (χ2v) is 8.53. The molecule has 0 N–H and O–H groups in total. The van der Waals surface area contributed by atoms with Gasteiger partial charge in [0.15, 0.2) is 0 Å². The number of nitrogens with zero attached hydrogens (tertiary/aromatic N) is 2. The van der Waals surface area contributed by atoms with Crippen LogP contribution in [0.2, 0.25) is 0 Å². The van der Waals surface area contributed by atoms with E-state index in [1.807, 2.05) is 0 Å². The number of para-hydroxylation sites is 1. The lowest BCUT2D eigenvalue weighted by atomic mass is 9.91. The Balaban J connectivity index is 1.74. The summed E-state index contributed by atoms with van der Waals surface area (Å²) in [6.45, 7) is 6.69. The topological polar surface area (TPSA) is 32.8 Å². The van der Waals surface area contributed by atoms with Crippen molar-refractivity contribution >= 4 is 22.9 Å². The van der Waals surface area contributed by atoms with E-state index < -0.39 is 6.10 Å². The molecule has 2 heterocycles. The van der Waals surface area contributed by atoms with Crippen molar-refractivity contribution in [3.8, 4) is 0 Å². The van der Waals surface area contributed by atoms with E-state index in [1.54, 1.807) is 41.4 Å². The summed E-state index contributed by atoms with van der Waals surface area (Å²) < 4.78 is 19.8. The lowest BCUT2D eigenvalue weighted by Crippen LogP contribution is -2.55. The van der Waals surface area contributed by atoms with Crippen molar-refractivity contribution in [1.82, 2.24) is 4.90 Å². The first-order valence-corrected chi connectivity index (χ1v) is 10.7. The van der Waals surface area contributed by atoms with Gasteiger partial charge in [0.25, 0.3) is 5.91 Å². The second-order valence-electron chi connectivity index (χ2n) is 7.50. The summed E-state index contributed by atoms with van der Waals surface area (Å²) in [6, 6.07) is 10.7. The SMILES string of the molecule is COC(C)C(=O)N(c1ccccc1F)[C@H]1CCN(CCc2cccs2)C[C@H]1C. The van der Waals surface area contributed by atoms with Gasteiger partial charge in [-0.15, -0.1) is 11.3 Å². The molecule has 1 aromatic heterocycles. The van der Waals surface area contributed by atoms with E-state index in [-0.39, 0.29) is 23.7 Å². The summed E-state index contributed by atoms with van der Waals surface area (Å²) in [6.07, 6.45) is 1.26. The van der Waals surface area contributed by atoms with Crippen LogP contribution in [0.15, 0.2) is 41.8 Å². The minimum atomic E-state index is -0.608. The number of methoxy groups -OCH3 is 1. The molecule has 0 aliphatic carbocycles. The van der Waals surface area contributed by atoms with Crippen LogP contribution in [0.5, 0.6) is 0 Å². The molecule has 3 rings (SSSR count). The molecule has 1 aliphatic rings. The first kappa shape index (κ1) is 21.0. The number of halogens is 1. The molecule has 2 aromatic rings. The number of likely N-dealkylation sites (tertiary alicyclic amines) is 1. The largest absolute Gasteiger partial charge is 0.372 e. The molecule has 28 heavy (non-hydrogen) atoms. The molecule has 3 atom stereocenters. The normalized spacial score (nSPS) is 21.4. The van der Waals surface area contributed by atoms with E-state index in [0.29, 0.717) is 5.69 Å². The van der Waals surface area contributed by atoms with E-state index in [4.69, 9.17) is 4.74 Å². The molecule has 4 nitrogen and oxygen atoms in total. The predicted molar refractivity (Wildman–Crippen MR) is 112 cm³/mol. The van der Waals surface area contributed by atoms with Crippen molar-refractivity contribution in [2.75, 3.05) is 31.6 Å². The van der Waals surface area contributed by atoms with Gasteiger partial charge in [0, 0.05) is 37.7 Å². The summed E-state index contributed by atoms with van der Waals surface area (Å²) in [7, 11) is 1.51. The highest BCUT2D eigenvalue weighted by Crippen LogP contribution is 2.30. The van der Waals surface area contributed by atoms with Crippen LogP contribution in [0.4, 0.5) is 10.1 Å². The fourth-order valence-corrected chi connectivity index (χ4v) is 4.63. The van der Waals surface area contributed by atoms with Gasteiger partial charge < -0.3 is 14.5 Å². The number of ether oxygens (including phenoxy) is 1. The highest BCUT2D eigenvalue weighted by atomic mass is 32.1. The van der Waals surface area contributed by atoms with Crippen molar-refractivity contribution < 1.29 is 13.9 Å². The number of rotatable bonds is 7. The van der Waals surface area contributed by atoms with E-state index in [9.17, 15) is 9.18 Å². The smallest absolute Gasteiger partial charge is 0.256 e. The van der Waals surface area contributed by atoms with E-state index in [2.05, 4.69) is 29.3 Å². The van der Waals surface area contributed by atoms with Crippen molar-refractivity contribution in [2.45, 2.75) is 38.8 Å². The monoisotopic (exact) mass is 404 g/mol. The number of piperidine rings is 1. The zero-order valence-electron chi connectivity index (χ0n) is 16.8. The van der Waals surface area contributed by atoms with Gasteiger partial charge >= 0.3 is 0 Å². The lowest BCUT2D eigenvalue weighted by Gasteiger charge is -2.43. The Bertz CT molecular complexity index is 768. The predicted octanol–water partition coefficient (Wildman–Crippen LogP) is 4.21. The number of hydrogen-bond acceptors (Lipinski definition) is 4. The molecule has 6 heteroatoms. The third-order valence-corrected chi connectivity index (χ3v) is 6.52. The second kappa shape index (κ2) is 9.63. The molecule has 1 unspecified atom stereocenters. The minimum absolute atomic E-state index is 0.0417. The Hall–Kier alpha value is -1.76. The number of carbonyl (C=O) groups is 1. The van der Waals surface area contributed by atoms with Crippen LogP contribution < -0.4 is 4.90 Å². The van der Waals surface area contributed by atoms with Crippen LogP contribution in [-0.4, -0.2) is 49.7 Å². The molecule has 1 aliphatic heterocycles. The fourth-order valence-electron chi connectivity index (χ4n) is 3.93. The molecule has 1 fully saturated rings. The molecule has 0 saturated carbocycles. The summed E-state index contributed by atoms with van der Waals surface area (Å²) >= 11 is 1.79. The Labute approximate surface area is 170 Å². The zero-order valence-corrected chi connectivity index (χ0v) is 17.6. The summed E-state index contributed by atoms with van der Waals surface area (Å²) in [5.74, 6) is -0.312. The molecule has 1 aromatic carbocycles. The number of carbonyl (C=O) groups excluding carboxylic acids is 1. The van der Waals surface area contributed by atoms with Crippen molar-refractivity contribution in [2.24, 2.45) is 5.92 Å². The number of thiophene rings is 1. The van der Waals surface area contributed by atoms with E-state index in [1.165, 1.54) is 18.1 Å². The Morgan fingerprint density at radius 1 is 1.36 bits per heavy atom. The van der Waals surface area contributed by atoms with Crippen LogP contribution in [0.1, 0.15) is 25.1 Å². The Morgan fingerprint density at radius 2 is 2.14 bits per heavy atom. The molecule has 0 bridgehead atoms. The number of anilines is 1. The van der Waals surface area contributed by atoms with Gasteiger partial charge in [0.1, 0.15) is 11.9 Å². The third kappa shape index (κ3) is 4.80. The minimum Gasteiger partial charge on any atom is -0.372 e. The van der Waals surface area contributed by atoms with E-state index in [0.717, 1.165) is 32.5 Å². The quantitative estimate of drug-likeness (QED) is 0.693. The standard InChI is InChI=1S/C22H29FN2O2S/c1-16-15-24(12-10-18-7-6-14-28-18)13-11-20(16)25(22(26)17(2)27-3)21-9-5-4-8-19(21)23/h4-9,14,16-17,20H,10-13,15H2,1-3H3/t16-,17?,20+/m1/s1. The van der Waals surface area contributed by atoms with Gasteiger partial charge in [-0.1, -0.05) is 25.1 Å². The van der Waals surface area contributed by atoms with Crippen LogP contribution in [0.3, 0.4) is 0 Å². The molecule has 1 amide bonds. The molecule has 0 spiro atoms. The fraction of sp³-hybridized carbons (Fsp3) is 0.500. The zero-order chi connectivity index (χ0) is 20.1. The lowest BCUT2D eigenvalue weighted by molar-refractivity contribution is -0.128. The van der Waals surface area contributed by atoms with Crippen LogP contribution in [0.25, 0.3) is 0 Å². The number of amides is 1. The van der Waals surface area contributed by atoms with Crippen molar-refractivity contribution in [3.05, 3.63) is 52.5 Å². The maximum atomic E-state index is 14.6. The molecule has 152 valence electrons. The van der Waals surface area contributed by atoms with E-state index >= 15 is 0 Å². The summed E-state index contributed by atoms with van der Waals surface area (Å²) in [5, 5.41) is 2.11. The highest BCUT2D eigenvalue weighted by molar-refractivity contribution is 7.09. The average molecular weight is 405 g/mol. The summed E-state index contributed by atoms with van der Waals surface area (Å²) in [5.41, 5.74) is 0.347. The van der Waals surface area contributed by atoms with Crippen molar-refractivity contribution in [1.29, 1.82) is 0 Å². The van der Waals surface area contributed by atoms with Crippen molar-refractivity contribution in [3.63, 3.8) is 0 Å². The van der Waals surface area contributed by atoms with Crippen LogP contribution >= 0.6 is 11.3 Å². The first-order valence-electron chi connectivity index (χ1n) is 9.86. The maximum Gasteiger partial charge on any atom is 0.256 e. The molecular weight excluding hydrogens is 375 g/mol. The molecule has 0 radical (unpaired) electrons. The van der Waals surface area contributed by atoms with Crippen LogP contribution in [-0.2, 0) is 16.0 Å². The molecular formula is C22H29FN2O2S. The average Bonchev–Trinajstić information content (AvgIpc) is 3.22. The van der Waals surface area contributed by atoms with Gasteiger partial charge in [-0.2, -0.15) is 0 Å². The maximum absolute atomic E-state index is 14.6. The Morgan fingerprint density at radius 3 is 2.79 bits per heavy atom. The summed E-state index contributed by atoms with van der Waals surface area (Å²) in [4.78, 5) is 18.5. The number of benzene rings is 1. The van der Waals surface area contributed by atoms with Gasteiger partial charge in [0.05, 0.1) is 5.69 Å². The van der Waals surface area contributed by atoms with Crippen LogP contribution in [0, 0.1) is 11.7 Å².